The maximum Gasteiger partial charge on any atom is 0.237 e. The normalized spacial score (nSPS) is 16.7. The van der Waals surface area contributed by atoms with E-state index in [9.17, 15) is 9.90 Å². The Balaban J connectivity index is 1.70. The molecular formula is C26H36N2O3S. The van der Waals surface area contributed by atoms with Gasteiger partial charge in [0.2, 0.25) is 5.91 Å². The largest absolute Gasteiger partial charge is 0.491 e. The van der Waals surface area contributed by atoms with Crippen LogP contribution in [0.4, 0.5) is 0 Å². The molecule has 1 aliphatic heterocycles. The molecule has 0 saturated heterocycles. The molecule has 1 aliphatic rings. The van der Waals surface area contributed by atoms with Gasteiger partial charge in [-0.1, -0.05) is 30.7 Å². The third kappa shape index (κ3) is 6.21. The van der Waals surface area contributed by atoms with Crippen LogP contribution in [0.5, 0.6) is 5.75 Å². The van der Waals surface area contributed by atoms with Crippen LogP contribution in [0.1, 0.15) is 47.4 Å². The predicted octanol–water partition coefficient (Wildman–Crippen LogP) is 4.52. The van der Waals surface area contributed by atoms with Crippen molar-refractivity contribution in [2.24, 2.45) is 0 Å². The highest BCUT2D eigenvalue weighted by atomic mass is 32.1. The number of benzene rings is 1. The fourth-order valence-corrected chi connectivity index (χ4v) is 5.22. The number of rotatable bonds is 11. The van der Waals surface area contributed by atoms with Gasteiger partial charge in [-0.05, 0) is 68.3 Å². The second-order valence-corrected chi connectivity index (χ2v) is 9.58. The molecule has 1 amide bonds. The lowest BCUT2D eigenvalue weighted by Crippen LogP contribution is -2.47. The van der Waals surface area contributed by atoms with Gasteiger partial charge in [-0.3, -0.25) is 9.69 Å². The van der Waals surface area contributed by atoms with Crippen LogP contribution in [0, 0.1) is 13.8 Å². The number of amides is 1. The summed E-state index contributed by atoms with van der Waals surface area (Å²) in [5.41, 5.74) is 3.52. The molecule has 1 aromatic heterocycles. The average Bonchev–Trinajstić information content (AvgIpc) is 3.25. The maximum atomic E-state index is 13.4. The van der Waals surface area contributed by atoms with Crippen molar-refractivity contribution >= 4 is 17.2 Å². The quantitative estimate of drug-likeness (QED) is 0.505. The zero-order chi connectivity index (χ0) is 23.1. The number of likely N-dealkylation sites (N-methyl/N-ethyl adjacent to an activating group) is 1. The van der Waals surface area contributed by atoms with E-state index in [1.807, 2.05) is 28.9 Å². The molecule has 1 aromatic carbocycles. The Morgan fingerprint density at radius 1 is 1.41 bits per heavy atom. The monoisotopic (exact) mass is 456 g/mol. The van der Waals surface area contributed by atoms with Crippen molar-refractivity contribution < 1.29 is 14.6 Å². The summed E-state index contributed by atoms with van der Waals surface area (Å²) in [5.74, 6) is 0.958. The van der Waals surface area contributed by atoms with E-state index < -0.39 is 6.10 Å². The van der Waals surface area contributed by atoms with Crippen LogP contribution in [0.2, 0.25) is 0 Å². The van der Waals surface area contributed by atoms with Crippen molar-refractivity contribution in [3.05, 3.63) is 63.9 Å². The van der Waals surface area contributed by atoms with Gasteiger partial charge < -0.3 is 14.7 Å². The minimum absolute atomic E-state index is 0.0915. The third-order valence-electron chi connectivity index (χ3n) is 6.12. The highest BCUT2D eigenvalue weighted by Gasteiger charge is 2.33. The number of aliphatic hydroxyl groups excluding tert-OH is 1. The van der Waals surface area contributed by atoms with Gasteiger partial charge in [0.25, 0.3) is 0 Å². The van der Waals surface area contributed by atoms with Gasteiger partial charge in [0.15, 0.2) is 0 Å². The molecular weight excluding hydrogens is 420 g/mol. The Labute approximate surface area is 196 Å². The van der Waals surface area contributed by atoms with Gasteiger partial charge in [-0.15, -0.1) is 17.9 Å². The standard InChI is InChI=1S/C26H36N2O3S/c1-5-7-8-21(29)16-27(6-2)17-26(30)28-13-11-25-22(12-14-32-25)23(28)18-31-24-10-9-19(3)15-20(24)4/h5,9-10,12,14-15,21,23,29H,1,6-8,11,13,16-18H2,2-4H3/t21-,23+/m0/s1. The van der Waals surface area contributed by atoms with E-state index in [0.29, 0.717) is 32.7 Å². The molecule has 5 nitrogen and oxygen atoms in total. The maximum absolute atomic E-state index is 13.4. The summed E-state index contributed by atoms with van der Waals surface area (Å²) < 4.78 is 6.23. The number of carbonyl (C=O) groups excluding carboxylic acids is 1. The minimum Gasteiger partial charge on any atom is -0.491 e. The van der Waals surface area contributed by atoms with Crippen LogP contribution in [-0.2, 0) is 11.2 Å². The van der Waals surface area contributed by atoms with E-state index in [-0.39, 0.29) is 11.9 Å². The molecule has 2 heterocycles. The lowest BCUT2D eigenvalue weighted by atomic mass is 10.00. The first-order valence-electron chi connectivity index (χ1n) is 11.5. The number of carbonyl (C=O) groups is 1. The number of allylic oxidation sites excluding steroid dienone is 1. The molecule has 0 radical (unpaired) electrons. The Bertz CT molecular complexity index is 910. The molecule has 2 atom stereocenters. The Morgan fingerprint density at radius 3 is 2.94 bits per heavy atom. The Morgan fingerprint density at radius 2 is 2.22 bits per heavy atom. The molecule has 174 valence electrons. The topological polar surface area (TPSA) is 53.0 Å². The minimum atomic E-state index is -0.450. The summed E-state index contributed by atoms with van der Waals surface area (Å²) in [6.45, 7) is 12.5. The molecule has 3 rings (SSSR count). The lowest BCUT2D eigenvalue weighted by molar-refractivity contribution is -0.136. The lowest BCUT2D eigenvalue weighted by Gasteiger charge is -2.37. The second-order valence-electron chi connectivity index (χ2n) is 8.58. The second kappa shape index (κ2) is 11.6. The molecule has 0 bridgehead atoms. The van der Waals surface area contributed by atoms with Crippen molar-refractivity contribution in [1.29, 1.82) is 0 Å². The molecule has 0 aliphatic carbocycles. The number of hydrogen-bond donors (Lipinski definition) is 1. The molecule has 0 saturated carbocycles. The highest BCUT2D eigenvalue weighted by molar-refractivity contribution is 7.10. The fraction of sp³-hybridized carbons (Fsp3) is 0.500. The van der Waals surface area contributed by atoms with Crippen molar-refractivity contribution in [3.63, 3.8) is 0 Å². The molecule has 6 heteroatoms. The van der Waals surface area contributed by atoms with Crippen molar-refractivity contribution in [1.82, 2.24) is 9.80 Å². The smallest absolute Gasteiger partial charge is 0.237 e. The number of thiophene rings is 1. The van der Waals surface area contributed by atoms with Crippen LogP contribution in [0.3, 0.4) is 0 Å². The summed E-state index contributed by atoms with van der Waals surface area (Å²) in [5, 5.41) is 12.4. The van der Waals surface area contributed by atoms with E-state index in [0.717, 1.165) is 30.7 Å². The molecule has 2 aromatic rings. The molecule has 0 unspecified atom stereocenters. The number of aryl methyl sites for hydroxylation is 2. The highest BCUT2D eigenvalue weighted by Crippen LogP contribution is 2.34. The average molecular weight is 457 g/mol. The zero-order valence-corrected chi connectivity index (χ0v) is 20.4. The fourth-order valence-electron chi connectivity index (χ4n) is 4.29. The first kappa shape index (κ1) is 24.5. The van der Waals surface area contributed by atoms with Gasteiger partial charge >= 0.3 is 0 Å². The summed E-state index contributed by atoms with van der Waals surface area (Å²) in [6.07, 6.45) is 3.69. The van der Waals surface area contributed by atoms with Gasteiger partial charge in [0.1, 0.15) is 12.4 Å². The molecule has 1 N–H and O–H groups in total. The molecule has 0 spiro atoms. The summed E-state index contributed by atoms with van der Waals surface area (Å²) in [7, 11) is 0. The van der Waals surface area contributed by atoms with Crippen LogP contribution >= 0.6 is 11.3 Å². The zero-order valence-electron chi connectivity index (χ0n) is 19.5. The number of ether oxygens (including phenoxy) is 1. The summed E-state index contributed by atoms with van der Waals surface area (Å²) in [4.78, 5) is 18.7. The first-order valence-corrected chi connectivity index (χ1v) is 12.4. The Hall–Kier alpha value is -2.15. The van der Waals surface area contributed by atoms with E-state index in [2.05, 4.69) is 44.0 Å². The number of nitrogens with zero attached hydrogens (tertiary/aromatic N) is 2. The molecule has 32 heavy (non-hydrogen) atoms. The van der Waals surface area contributed by atoms with E-state index >= 15 is 0 Å². The van der Waals surface area contributed by atoms with Crippen LogP contribution < -0.4 is 4.74 Å². The van der Waals surface area contributed by atoms with Gasteiger partial charge in [0.05, 0.1) is 18.7 Å². The van der Waals surface area contributed by atoms with Crippen molar-refractivity contribution in [2.45, 2.75) is 52.2 Å². The molecule has 0 fully saturated rings. The van der Waals surface area contributed by atoms with E-state index in [4.69, 9.17) is 4.74 Å². The number of hydrogen-bond acceptors (Lipinski definition) is 5. The predicted molar refractivity (Wildman–Crippen MR) is 131 cm³/mol. The van der Waals surface area contributed by atoms with E-state index in [1.54, 1.807) is 11.3 Å². The SMILES string of the molecule is C=CCC[C@H](O)CN(CC)CC(=O)N1CCc2sccc2[C@H]1COc1ccc(C)cc1C. The third-order valence-corrected chi connectivity index (χ3v) is 7.12. The van der Waals surface area contributed by atoms with Gasteiger partial charge in [0, 0.05) is 18.0 Å². The first-order chi connectivity index (χ1) is 15.4. The van der Waals surface area contributed by atoms with Crippen molar-refractivity contribution in [3.8, 4) is 5.75 Å². The Kier molecular flexibility index (Phi) is 8.91. The van der Waals surface area contributed by atoms with Gasteiger partial charge in [-0.2, -0.15) is 0 Å². The van der Waals surface area contributed by atoms with Crippen LogP contribution in [-0.4, -0.2) is 59.7 Å². The summed E-state index contributed by atoms with van der Waals surface area (Å²) >= 11 is 1.76. The van der Waals surface area contributed by atoms with Crippen LogP contribution in [0.15, 0.2) is 42.3 Å². The van der Waals surface area contributed by atoms with Gasteiger partial charge in [-0.25, -0.2) is 0 Å². The van der Waals surface area contributed by atoms with Crippen molar-refractivity contribution in [2.75, 3.05) is 32.8 Å². The van der Waals surface area contributed by atoms with Crippen LogP contribution in [0.25, 0.3) is 0 Å². The summed E-state index contributed by atoms with van der Waals surface area (Å²) in [6, 6.07) is 8.22. The number of fused-ring (bicyclic) bond motifs is 1. The van der Waals surface area contributed by atoms with E-state index in [1.165, 1.54) is 16.0 Å². The number of aliphatic hydroxyl groups is 1.